The molecular formula is C9H12N2O2S. The molecule has 0 fully saturated rings. The summed E-state index contributed by atoms with van der Waals surface area (Å²) in [5.41, 5.74) is 0.889. The molecule has 0 aliphatic carbocycles. The third-order valence-corrected chi connectivity index (χ3v) is 2.27. The van der Waals surface area contributed by atoms with Gasteiger partial charge in [-0.25, -0.2) is 0 Å². The van der Waals surface area contributed by atoms with E-state index >= 15 is 0 Å². The lowest BCUT2D eigenvalue weighted by molar-refractivity contribution is -0.122. The molecular weight excluding hydrogens is 200 g/mol. The highest BCUT2D eigenvalue weighted by atomic mass is 32.1. The lowest BCUT2D eigenvalue weighted by atomic mass is 10.2. The van der Waals surface area contributed by atoms with E-state index in [4.69, 9.17) is 0 Å². The van der Waals surface area contributed by atoms with Gasteiger partial charge in [-0.1, -0.05) is 0 Å². The van der Waals surface area contributed by atoms with E-state index in [2.05, 4.69) is 10.6 Å². The van der Waals surface area contributed by atoms with Gasteiger partial charge in [0.2, 0.25) is 11.8 Å². The number of carbonyl (C=O) groups is 2. The van der Waals surface area contributed by atoms with Gasteiger partial charge in [0.1, 0.15) is 6.17 Å². The Morgan fingerprint density at radius 3 is 2.21 bits per heavy atom. The summed E-state index contributed by atoms with van der Waals surface area (Å²) in [5, 5.41) is 9.08. The van der Waals surface area contributed by atoms with Gasteiger partial charge in [0.05, 0.1) is 0 Å². The molecule has 1 heterocycles. The number of amides is 2. The lowest BCUT2D eigenvalue weighted by Crippen LogP contribution is -2.38. The quantitative estimate of drug-likeness (QED) is 0.735. The Balaban J connectivity index is 2.71. The number of carbonyl (C=O) groups excluding carboxylic acids is 2. The second-order valence-electron chi connectivity index (χ2n) is 2.89. The molecule has 1 rings (SSSR count). The summed E-state index contributed by atoms with van der Waals surface area (Å²) < 4.78 is 0. The largest absolute Gasteiger partial charge is 0.332 e. The third-order valence-electron chi connectivity index (χ3n) is 1.57. The minimum Gasteiger partial charge on any atom is -0.332 e. The molecule has 2 N–H and O–H groups in total. The van der Waals surface area contributed by atoms with Gasteiger partial charge in [-0.05, 0) is 16.8 Å². The summed E-state index contributed by atoms with van der Waals surface area (Å²) in [7, 11) is 0. The van der Waals surface area contributed by atoms with E-state index in [1.54, 1.807) is 0 Å². The molecule has 0 saturated carbocycles. The molecule has 2 amide bonds. The topological polar surface area (TPSA) is 58.2 Å². The first-order valence-corrected chi connectivity index (χ1v) is 5.10. The van der Waals surface area contributed by atoms with Crippen LogP contribution in [0.2, 0.25) is 0 Å². The van der Waals surface area contributed by atoms with Crippen molar-refractivity contribution < 1.29 is 9.59 Å². The van der Waals surface area contributed by atoms with E-state index in [-0.39, 0.29) is 11.8 Å². The summed E-state index contributed by atoms with van der Waals surface area (Å²) >= 11 is 1.52. The fourth-order valence-corrected chi connectivity index (χ4v) is 1.73. The lowest BCUT2D eigenvalue weighted by Gasteiger charge is -2.17. The fourth-order valence-electron chi connectivity index (χ4n) is 1.05. The van der Waals surface area contributed by atoms with Gasteiger partial charge < -0.3 is 10.6 Å². The highest BCUT2D eigenvalue weighted by molar-refractivity contribution is 7.07. The van der Waals surface area contributed by atoms with Gasteiger partial charge in [0.15, 0.2) is 0 Å². The van der Waals surface area contributed by atoms with Gasteiger partial charge in [-0.2, -0.15) is 11.3 Å². The Labute approximate surface area is 86.3 Å². The predicted octanol–water partition coefficient (Wildman–Crippen LogP) is 1.02. The maximum atomic E-state index is 10.9. The summed E-state index contributed by atoms with van der Waals surface area (Å²) in [5.74, 6) is -0.343. The highest BCUT2D eigenvalue weighted by Gasteiger charge is 2.13. The first-order valence-electron chi connectivity index (χ1n) is 4.16. The molecule has 0 bridgehead atoms. The van der Waals surface area contributed by atoms with Crippen LogP contribution < -0.4 is 10.6 Å². The highest BCUT2D eigenvalue weighted by Crippen LogP contribution is 2.13. The first kappa shape index (κ1) is 10.7. The molecule has 0 atom stereocenters. The molecule has 1 aromatic rings. The molecule has 0 spiro atoms. The zero-order chi connectivity index (χ0) is 10.6. The summed E-state index contributed by atoms with van der Waals surface area (Å²) in [4.78, 5) is 21.7. The van der Waals surface area contributed by atoms with Crippen LogP contribution >= 0.6 is 11.3 Å². The fraction of sp³-hybridized carbons (Fsp3) is 0.333. The maximum absolute atomic E-state index is 10.9. The van der Waals surface area contributed by atoms with Crippen LogP contribution in [0.4, 0.5) is 0 Å². The van der Waals surface area contributed by atoms with Crippen molar-refractivity contribution in [3.8, 4) is 0 Å². The van der Waals surface area contributed by atoms with Crippen molar-refractivity contribution in [2.24, 2.45) is 0 Å². The molecule has 0 saturated heterocycles. The van der Waals surface area contributed by atoms with Gasteiger partial charge in [-0.15, -0.1) is 0 Å². The van der Waals surface area contributed by atoms with E-state index in [9.17, 15) is 9.59 Å². The van der Waals surface area contributed by atoms with E-state index in [0.717, 1.165) is 5.56 Å². The van der Waals surface area contributed by atoms with Crippen LogP contribution in [-0.4, -0.2) is 11.8 Å². The van der Waals surface area contributed by atoms with Crippen LogP contribution in [0.15, 0.2) is 16.8 Å². The Morgan fingerprint density at radius 2 is 1.86 bits per heavy atom. The predicted molar refractivity (Wildman–Crippen MR) is 54.7 cm³/mol. The average Bonchev–Trinajstić information content (AvgIpc) is 2.52. The van der Waals surface area contributed by atoms with Crippen LogP contribution in [0.5, 0.6) is 0 Å². The Bertz CT molecular complexity index is 306. The normalized spacial score (nSPS) is 9.93. The molecule has 4 nitrogen and oxygen atoms in total. The number of hydrogen-bond donors (Lipinski definition) is 2. The number of hydrogen-bond acceptors (Lipinski definition) is 3. The monoisotopic (exact) mass is 212 g/mol. The van der Waals surface area contributed by atoms with Crippen LogP contribution in [0.25, 0.3) is 0 Å². The maximum Gasteiger partial charge on any atom is 0.218 e. The Hall–Kier alpha value is -1.36. The van der Waals surface area contributed by atoms with E-state index in [1.807, 2.05) is 16.8 Å². The van der Waals surface area contributed by atoms with Crippen molar-refractivity contribution >= 4 is 23.2 Å². The molecule has 0 aliphatic rings. The van der Waals surface area contributed by atoms with Crippen LogP contribution in [0, 0.1) is 0 Å². The van der Waals surface area contributed by atoms with Gasteiger partial charge in [-0.3, -0.25) is 9.59 Å². The minimum atomic E-state index is -0.420. The van der Waals surface area contributed by atoms with E-state index in [0.29, 0.717) is 0 Å². The summed E-state index contributed by atoms with van der Waals surface area (Å²) in [6.45, 7) is 2.84. The van der Waals surface area contributed by atoms with E-state index < -0.39 is 6.17 Å². The smallest absolute Gasteiger partial charge is 0.218 e. The van der Waals surface area contributed by atoms with Crippen molar-refractivity contribution in [3.05, 3.63) is 22.4 Å². The van der Waals surface area contributed by atoms with Crippen molar-refractivity contribution in [3.63, 3.8) is 0 Å². The Kier molecular flexibility index (Phi) is 3.64. The van der Waals surface area contributed by atoms with Gasteiger partial charge in [0.25, 0.3) is 0 Å². The second kappa shape index (κ2) is 4.76. The van der Waals surface area contributed by atoms with Crippen molar-refractivity contribution in [1.82, 2.24) is 10.6 Å². The SMILES string of the molecule is CC(=O)NC(NC(C)=O)c1ccsc1. The standard InChI is InChI=1S/C9H12N2O2S/c1-6(12)10-9(11-7(2)13)8-3-4-14-5-8/h3-5,9H,1-2H3,(H,10,12)(H,11,13). The van der Waals surface area contributed by atoms with Crippen LogP contribution in [0.3, 0.4) is 0 Å². The molecule has 0 radical (unpaired) electrons. The minimum absolute atomic E-state index is 0.171. The number of nitrogens with one attached hydrogen (secondary N) is 2. The third kappa shape index (κ3) is 3.18. The Morgan fingerprint density at radius 1 is 1.29 bits per heavy atom. The first-order chi connectivity index (χ1) is 6.59. The number of rotatable bonds is 3. The average molecular weight is 212 g/mol. The zero-order valence-corrected chi connectivity index (χ0v) is 8.85. The molecule has 76 valence electrons. The molecule has 14 heavy (non-hydrogen) atoms. The second-order valence-corrected chi connectivity index (χ2v) is 3.67. The zero-order valence-electron chi connectivity index (χ0n) is 8.03. The molecule has 0 aliphatic heterocycles. The summed E-state index contributed by atoms with van der Waals surface area (Å²) in [6, 6.07) is 1.86. The number of thiophene rings is 1. The van der Waals surface area contributed by atoms with Crippen LogP contribution in [0.1, 0.15) is 25.6 Å². The summed E-state index contributed by atoms with van der Waals surface area (Å²) in [6.07, 6.45) is -0.420. The van der Waals surface area contributed by atoms with Crippen molar-refractivity contribution in [2.45, 2.75) is 20.0 Å². The molecule has 0 unspecified atom stereocenters. The molecule has 0 aromatic carbocycles. The van der Waals surface area contributed by atoms with Gasteiger partial charge >= 0.3 is 0 Å². The van der Waals surface area contributed by atoms with Crippen molar-refractivity contribution in [1.29, 1.82) is 0 Å². The molecule has 1 aromatic heterocycles. The van der Waals surface area contributed by atoms with Crippen molar-refractivity contribution in [2.75, 3.05) is 0 Å². The van der Waals surface area contributed by atoms with Gasteiger partial charge in [0, 0.05) is 19.4 Å². The van der Waals surface area contributed by atoms with Crippen LogP contribution in [-0.2, 0) is 9.59 Å². The van der Waals surface area contributed by atoms with E-state index in [1.165, 1.54) is 25.2 Å². The molecule has 5 heteroatoms.